The van der Waals surface area contributed by atoms with E-state index in [9.17, 15) is 13.2 Å². The van der Waals surface area contributed by atoms with Gasteiger partial charge in [-0.05, 0) is 31.5 Å². The number of hydrogen-bond donors (Lipinski definition) is 1. The SMILES string of the molecule is CC(CNC(=O)c1cccc(N2CCCS2(=O)=O)c1)N1CCOCC1. The van der Waals surface area contributed by atoms with E-state index < -0.39 is 10.0 Å². The number of sulfonamides is 1. The van der Waals surface area contributed by atoms with Crippen LogP contribution in [-0.4, -0.2) is 70.4 Å². The molecule has 0 radical (unpaired) electrons. The van der Waals surface area contributed by atoms with Gasteiger partial charge >= 0.3 is 0 Å². The lowest BCUT2D eigenvalue weighted by atomic mass is 10.1. The van der Waals surface area contributed by atoms with Crippen molar-refractivity contribution in [2.24, 2.45) is 0 Å². The Hall–Kier alpha value is -1.64. The summed E-state index contributed by atoms with van der Waals surface area (Å²) < 4.78 is 30.8. The smallest absolute Gasteiger partial charge is 0.251 e. The summed E-state index contributed by atoms with van der Waals surface area (Å²) in [6.07, 6.45) is 0.621. The number of hydrogen-bond acceptors (Lipinski definition) is 5. The largest absolute Gasteiger partial charge is 0.379 e. The zero-order chi connectivity index (χ0) is 17.9. The lowest BCUT2D eigenvalue weighted by molar-refractivity contribution is 0.0204. The normalized spacial score (nSPS) is 21.9. The number of amides is 1. The summed E-state index contributed by atoms with van der Waals surface area (Å²) in [4.78, 5) is 14.7. The maximum Gasteiger partial charge on any atom is 0.251 e. The van der Waals surface area contributed by atoms with Crippen LogP contribution in [0.2, 0.25) is 0 Å². The van der Waals surface area contributed by atoms with Gasteiger partial charge < -0.3 is 10.1 Å². The predicted molar refractivity (Wildman–Crippen MR) is 96.4 cm³/mol. The molecule has 1 amide bonds. The minimum atomic E-state index is -3.24. The Kier molecular flexibility index (Phi) is 5.61. The Morgan fingerprint density at radius 3 is 2.72 bits per heavy atom. The van der Waals surface area contributed by atoms with Gasteiger partial charge in [-0.2, -0.15) is 0 Å². The van der Waals surface area contributed by atoms with Gasteiger partial charge in [-0.3, -0.25) is 14.0 Å². The summed E-state index contributed by atoms with van der Waals surface area (Å²) in [7, 11) is -3.24. The van der Waals surface area contributed by atoms with E-state index in [-0.39, 0.29) is 17.7 Å². The van der Waals surface area contributed by atoms with Crippen molar-refractivity contribution in [2.45, 2.75) is 19.4 Å². The average molecular weight is 367 g/mol. The molecule has 2 heterocycles. The zero-order valence-electron chi connectivity index (χ0n) is 14.5. The molecule has 1 aromatic carbocycles. The molecule has 2 aliphatic rings. The van der Waals surface area contributed by atoms with Crippen LogP contribution >= 0.6 is 0 Å². The van der Waals surface area contributed by atoms with Gasteiger partial charge in [-0.1, -0.05) is 6.07 Å². The molecule has 0 bridgehead atoms. The van der Waals surface area contributed by atoms with Gasteiger partial charge in [0.15, 0.2) is 0 Å². The molecular formula is C17H25N3O4S. The second-order valence-corrected chi connectivity index (χ2v) is 8.51. The van der Waals surface area contributed by atoms with Gasteiger partial charge in [0.2, 0.25) is 10.0 Å². The van der Waals surface area contributed by atoms with Crippen molar-refractivity contribution >= 4 is 21.6 Å². The molecule has 1 atom stereocenters. The van der Waals surface area contributed by atoms with Crippen LogP contribution in [0.5, 0.6) is 0 Å². The number of ether oxygens (including phenoxy) is 1. The fourth-order valence-electron chi connectivity index (χ4n) is 3.22. The van der Waals surface area contributed by atoms with Gasteiger partial charge in [0.25, 0.3) is 5.91 Å². The number of morpholine rings is 1. The highest BCUT2D eigenvalue weighted by Gasteiger charge is 2.28. The summed E-state index contributed by atoms with van der Waals surface area (Å²) in [5.74, 6) is -0.0147. The van der Waals surface area contributed by atoms with Crippen LogP contribution in [0, 0.1) is 0 Å². The van der Waals surface area contributed by atoms with E-state index in [1.807, 2.05) is 0 Å². The van der Waals surface area contributed by atoms with Crippen molar-refractivity contribution in [3.8, 4) is 0 Å². The lowest BCUT2D eigenvalue weighted by Gasteiger charge is -2.32. The number of carbonyl (C=O) groups excluding carboxylic acids is 1. The highest BCUT2D eigenvalue weighted by molar-refractivity contribution is 7.93. The molecule has 8 heteroatoms. The molecule has 2 saturated heterocycles. The molecule has 7 nitrogen and oxygen atoms in total. The van der Waals surface area contributed by atoms with E-state index in [4.69, 9.17) is 4.74 Å². The topological polar surface area (TPSA) is 79.0 Å². The standard InChI is InChI=1S/C17H25N3O4S/c1-14(19-7-9-24-10-8-19)13-18-17(21)15-4-2-5-16(12-15)20-6-3-11-25(20,22)23/h2,4-5,12,14H,3,6-11,13H2,1H3,(H,18,21). The van der Waals surface area contributed by atoms with Crippen LogP contribution in [0.3, 0.4) is 0 Å². The molecule has 138 valence electrons. The van der Waals surface area contributed by atoms with Crippen molar-refractivity contribution in [3.63, 3.8) is 0 Å². The second kappa shape index (κ2) is 7.72. The number of benzene rings is 1. The third-order valence-electron chi connectivity index (χ3n) is 4.72. The number of anilines is 1. The summed E-state index contributed by atoms with van der Waals surface area (Å²) >= 11 is 0. The average Bonchev–Trinajstić information content (AvgIpc) is 2.99. The lowest BCUT2D eigenvalue weighted by Crippen LogP contribution is -2.47. The molecule has 1 N–H and O–H groups in total. The Morgan fingerprint density at radius 1 is 1.28 bits per heavy atom. The first-order chi connectivity index (χ1) is 12.0. The maximum absolute atomic E-state index is 12.4. The molecule has 3 rings (SSSR count). The van der Waals surface area contributed by atoms with E-state index in [1.165, 1.54) is 4.31 Å². The number of nitrogens with one attached hydrogen (secondary N) is 1. The Labute approximate surface area is 149 Å². The van der Waals surface area contributed by atoms with E-state index in [0.29, 0.717) is 30.8 Å². The highest BCUT2D eigenvalue weighted by atomic mass is 32.2. The first-order valence-electron chi connectivity index (χ1n) is 8.68. The Balaban J connectivity index is 1.61. The zero-order valence-corrected chi connectivity index (χ0v) is 15.3. The number of rotatable bonds is 5. The van der Waals surface area contributed by atoms with Gasteiger partial charge in [0, 0.05) is 37.8 Å². The quantitative estimate of drug-likeness (QED) is 0.828. The molecule has 1 aromatic rings. The van der Waals surface area contributed by atoms with Gasteiger partial charge in [0.1, 0.15) is 0 Å². The van der Waals surface area contributed by atoms with Gasteiger partial charge in [-0.25, -0.2) is 8.42 Å². The molecule has 2 aliphatic heterocycles. The van der Waals surface area contributed by atoms with E-state index >= 15 is 0 Å². The highest BCUT2D eigenvalue weighted by Crippen LogP contribution is 2.24. The maximum atomic E-state index is 12.4. The molecular weight excluding hydrogens is 342 g/mol. The molecule has 0 aliphatic carbocycles. The molecule has 0 saturated carbocycles. The number of carbonyl (C=O) groups is 1. The van der Waals surface area contributed by atoms with Crippen LogP contribution in [0.15, 0.2) is 24.3 Å². The fourth-order valence-corrected chi connectivity index (χ4v) is 4.78. The number of nitrogens with zero attached hydrogens (tertiary/aromatic N) is 2. The van der Waals surface area contributed by atoms with Crippen molar-refractivity contribution in [3.05, 3.63) is 29.8 Å². The van der Waals surface area contributed by atoms with Crippen LogP contribution in [0.4, 0.5) is 5.69 Å². The van der Waals surface area contributed by atoms with Crippen molar-refractivity contribution < 1.29 is 17.9 Å². The fraction of sp³-hybridized carbons (Fsp3) is 0.588. The monoisotopic (exact) mass is 367 g/mol. The van der Waals surface area contributed by atoms with Crippen LogP contribution < -0.4 is 9.62 Å². The minimum absolute atomic E-state index is 0.167. The molecule has 25 heavy (non-hydrogen) atoms. The van der Waals surface area contributed by atoms with Crippen molar-refractivity contribution in [1.82, 2.24) is 10.2 Å². The summed E-state index contributed by atoms with van der Waals surface area (Å²) in [6.45, 7) is 6.30. The predicted octanol–water partition coefficient (Wildman–Crippen LogP) is 0.677. The van der Waals surface area contributed by atoms with E-state index in [0.717, 1.165) is 26.3 Å². The molecule has 0 aromatic heterocycles. The molecule has 0 spiro atoms. The van der Waals surface area contributed by atoms with Crippen LogP contribution in [-0.2, 0) is 14.8 Å². The third kappa shape index (κ3) is 4.31. The summed E-state index contributed by atoms with van der Waals surface area (Å²) in [5, 5.41) is 2.95. The third-order valence-corrected chi connectivity index (χ3v) is 6.59. The Morgan fingerprint density at radius 2 is 2.04 bits per heavy atom. The van der Waals surface area contributed by atoms with E-state index in [2.05, 4.69) is 17.1 Å². The van der Waals surface area contributed by atoms with Crippen LogP contribution in [0.25, 0.3) is 0 Å². The second-order valence-electron chi connectivity index (χ2n) is 6.50. The first kappa shape index (κ1) is 18.2. The minimum Gasteiger partial charge on any atom is -0.379 e. The van der Waals surface area contributed by atoms with E-state index in [1.54, 1.807) is 24.3 Å². The first-order valence-corrected chi connectivity index (χ1v) is 10.3. The van der Waals surface area contributed by atoms with Crippen LogP contribution in [0.1, 0.15) is 23.7 Å². The molecule has 1 unspecified atom stereocenters. The summed E-state index contributed by atoms with van der Waals surface area (Å²) in [5.41, 5.74) is 1.04. The Bertz CT molecular complexity index is 716. The van der Waals surface area contributed by atoms with Crippen molar-refractivity contribution in [1.29, 1.82) is 0 Å². The molecule has 2 fully saturated rings. The van der Waals surface area contributed by atoms with Gasteiger partial charge in [0.05, 0.1) is 24.7 Å². The van der Waals surface area contributed by atoms with Crippen molar-refractivity contribution in [2.75, 3.05) is 49.5 Å². The summed E-state index contributed by atoms with van der Waals surface area (Å²) in [6, 6.07) is 7.05. The van der Waals surface area contributed by atoms with Gasteiger partial charge in [-0.15, -0.1) is 0 Å².